The van der Waals surface area contributed by atoms with Gasteiger partial charge >= 0.3 is 6.03 Å². The summed E-state index contributed by atoms with van der Waals surface area (Å²) < 4.78 is 0. The molecule has 1 heterocycles. The molecule has 1 fully saturated rings. The van der Waals surface area contributed by atoms with Gasteiger partial charge in [0.05, 0.1) is 0 Å². The number of nitrogens with one attached hydrogen (secondary N) is 1. The highest BCUT2D eigenvalue weighted by molar-refractivity contribution is 5.73. The monoisotopic (exact) mass is 158 g/mol. The number of hydrogen-bond acceptors (Lipinski definition) is 3. The predicted octanol–water partition coefficient (Wildman–Crippen LogP) is -1.18. The minimum Gasteiger partial charge on any atom is -0.321 e. The lowest BCUT2D eigenvalue weighted by Crippen LogP contribution is -2.52. The highest BCUT2D eigenvalue weighted by Gasteiger charge is 2.17. The molecule has 0 atom stereocenters. The summed E-state index contributed by atoms with van der Waals surface area (Å²) in [5.41, 5.74) is 0. The smallest absolute Gasteiger partial charge is 0.321 e. The van der Waals surface area contributed by atoms with Gasteiger partial charge in [0.25, 0.3) is 0 Å². The van der Waals surface area contributed by atoms with E-state index in [9.17, 15) is 4.79 Å². The minimum absolute atomic E-state index is 0.105. The molecule has 1 aliphatic heterocycles. The Kier molecular flexibility index (Phi) is 2.67. The molecular formula is C6H14N4O. The van der Waals surface area contributed by atoms with Crippen LogP contribution >= 0.6 is 0 Å². The van der Waals surface area contributed by atoms with Gasteiger partial charge in [-0.15, -0.1) is 0 Å². The lowest BCUT2D eigenvalue weighted by atomic mass is 10.4. The Bertz CT molecular complexity index is 142. The third kappa shape index (κ3) is 2.06. The predicted molar refractivity (Wildman–Crippen MR) is 41.8 cm³/mol. The molecular weight excluding hydrogens is 144 g/mol. The van der Waals surface area contributed by atoms with Gasteiger partial charge in [0.2, 0.25) is 0 Å². The number of nitrogens with two attached hydrogens (primary N) is 1. The van der Waals surface area contributed by atoms with Crippen LogP contribution in [0.2, 0.25) is 0 Å². The molecule has 5 heteroatoms. The third-order valence-corrected chi connectivity index (χ3v) is 1.69. The number of rotatable bonds is 0. The second-order valence-corrected chi connectivity index (χ2v) is 2.63. The molecule has 1 aliphatic rings. The molecule has 0 saturated carbocycles. The van der Waals surface area contributed by atoms with Gasteiger partial charge in [-0.05, 0) is 0 Å². The largest absolute Gasteiger partial charge is 0.333 e. The fraction of sp³-hybridized carbons (Fsp3) is 0.833. The normalized spacial score (nSPS) is 18.2. The summed E-state index contributed by atoms with van der Waals surface area (Å²) in [5, 5.41) is 4.27. The summed E-state index contributed by atoms with van der Waals surface area (Å²) in [6, 6.07) is -0.105. The first kappa shape index (κ1) is 8.29. The Morgan fingerprint density at radius 1 is 1.55 bits per heavy atom. The van der Waals surface area contributed by atoms with Crippen molar-refractivity contribution >= 4 is 6.03 Å². The molecule has 64 valence electrons. The van der Waals surface area contributed by atoms with Gasteiger partial charge in [-0.1, -0.05) is 0 Å². The Hall–Kier alpha value is -0.810. The van der Waals surface area contributed by atoms with Crippen molar-refractivity contribution in [3.05, 3.63) is 0 Å². The summed E-state index contributed by atoms with van der Waals surface area (Å²) in [7, 11) is 1.56. The number of carbonyl (C=O) groups is 1. The van der Waals surface area contributed by atoms with Crippen molar-refractivity contribution in [1.29, 1.82) is 0 Å². The molecule has 0 bridgehead atoms. The Labute approximate surface area is 66.1 Å². The molecule has 1 rings (SSSR count). The Morgan fingerprint density at radius 2 is 2.09 bits per heavy atom. The van der Waals surface area contributed by atoms with Crippen LogP contribution in [0.3, 0.4) is 0 Å². The van der Waals surface area contributed by atoms with Gasteiger partial charge in [0, 0.05) is 33.2 Å². The van der Waals surface area contributed by atoms with Crippen LogP contribution in [0.5, 0.6) is 0 Å². The zero-order chi connectivity index (χ0) is 8.27. The Morgan fingerprint density at radius 3 is 2.55 bits per heavy atom. The summed E-state index contributed by atoms with van der Waals surface area (Å²) in [5.74, 6) is 5.29. The van der Waals surface area contributed by atoms with Crippen LogP contribution in [0.4, 0.5) is 4.79 Å². The molecule has 0 spiro atoms. The average molecular weight is 158 g/mol. The summed E-state index contributed by atoms with van der Waals surface area (Å²) >= 11 is 0. The van der Waals surface area contributed by atoms with Crippen LogP contribution in [0.25, 0.3) is 0 Å². The SMILES string of the molecule is CN(N)C(=O)N1CCNCC1. The van der Waals surface area contributed by atoms with Crippen molar-refractivity contribution < 1.29 is 4.79 Å². The summed E-state index contributed by atoms with van der Waals surface area (Å²) in [4.78, 5) is 12.9. The van der Waals surface area contributed by atoms with Crippen molar-refractivity contribution in [1.82, 2.24) is 15.2 Å². The van der Waals surface area contributed by atoms with Gasteiger partial charge in [-0.2, -0.15) is 0 Å². The number of amides is 2. The standard InChI is InChI=1S/C6H14N4O/c1-9(7)6(11)10-4-2-8-3-5-10/h8H,2-5,7H2,1H3. The fourth-order valence-corrected chi connectivity index (χ4v) is 1.08. The number of urea groups is 1. The molecule has 11 heavy (non-hydrogen) atoms. The van der Waals surface area contributed by atoms with E-state index >= 15 is 0 Å². The molecule has 3 N–H and O–H groups in total. The quantitative estimate of drug-likeness (QED) is 0.265. The maximum absolute atomic E-state index is 11.2. The van der Waals surface area contributed by atoms with Crippen molar-refractivity contribution in [2.75, 3.05) is 33.2 Å². The van der Waals surface area contributed by atoms with E-state index < -0.39 is 0 Å². The van der Waals surface area contributed by atoms with Crippen molar-refractivity contribution in [2.45, 2.75) is 0 Å². The lowest BCUT2D eigenvalue weighted by Gasteiger charge is -2.29. The van der Waals surface area contributed by atoms with E-state index in [2.05, 4.69) is 5.32 Å². The second-order valence-electron chi connectivity index (χ2n) is 2.63. The molecule has 0 radical (unpaired) electrons. The lowest BCUT2D eigenvalue weighted by molar-refractivity contribution is 0.157. The number of carbonyl (C=O) groups excluding carboxylic acids is 1. The van der Waals surface area contributed by atoms with Gasteiger partial charge in [0.1, 0.15) is 0 Å². The van der Waals surface area contributed by atoms with Crippen molar-refractivity contribution in [3.63, 3.8) is 0 Å². The van der Waals surface area contributed by atoms with Gasteiger partial charge in [-0.3, -0.25) is 5.01 Å². The van der Waals surface area contributed by atoms with E-state index in [1.165, 1.54) is 0 Å². The number of hydrogen-bond donors (Lipinski definition) is 2. The highest BCUT2D eigenvalue weighted by Crippen LogP contribution is 1.94. The summed E-state index contributed by atoms with van der Waals surface area (Å²) in [6.07, 6.45) is 0. The molecule has 5 nitrogen and oxygen atoms in total. The maximum atomic E-state index is 11.2. The van der Waals surface area contributed by atoms with Crippen molar-refractivity contribution in [3.8, 4) is 0 Å². The van der Waals surface area contributed by atoms with Gasteiger partial charge < -0.3 is 10.2 Å². The first-order valence-corrected chi connectivity index (χ1v) is 3.70. The van der Waals surface area contributed by atoms with Crippen LogP contribution < -0.4 is 11.2 Å². The molecule has 0 aromatic heterocycles. The number of hydrazine groups is 1. The molecule has 0 unspecified atom stereocenters. The van der Waals surface area contributed by atoms with Crippen LogP contribution in [0, 0.1) is 0 Å². The molecule has 2 amide bonds. The van der Waals surface area contributed by atoms with E-state index in [1.54, 1.807) is 11.9 Å². The second kappa shape index (κ2) is 3.54. The van der Waals surface area contributed by atoms with Gasteiger partial charge in [0.15, 0.2) is 0 Å². The number of piperazine rings is 1. The minimum atomic E-state index is -0.105. The summed E-state index contributed by atoms with van der Waals surface area (Å²) in [6.45, 7) is 3.22. The van der Waals surface area contributed by atoms with E-state index in [1.807, 2.05) is 0 Å². The van der Waals surface area contributed by atoms with E-state index in [4.69, 9.17) is 5.84 Å². The molecule has 1 saturated heterocycles. The zero-order valence-electron chi connectivity index (χ0n) is 6.71. The van der Waals surface area contributed by atoms with Crippen LogP contribution in [-0.2, 0) is 0 Å². The van der Waals surface area contributed by atoms with Crippen molar-refractivity contribution in [2.24, 2.45) is 5.84 Å². The Balaban J connectivity index is 2.39. The van der Waals surface area contributed by atoms with Gasteiger partial charge in [-0.25, -0.2) is 10.6 Å². The number of nitrogens with zero attached hydrogens (tertiary/aromatic N) is 2. The first-order valence-electron chi connectivity index (χ1n) is 3.70. The maximum Gasteiger partial charge on any atom is 0.333 e. The highest BCUT2D eigenvalue weighted by atomic mass is 16.2. The topological polar surface area (TPSA) is 61.6 Å². The fourth-order valence-electron chi connectivity index (χ4n) is 1.08. The molecule has 0 aliphatic carbocycles. The van der Waals surface area contributed by atoms with Crippen LogP contribution in [0.15, 0.2) is 0 Å². The third-order valence-electron chi connectivity index (χ3n) is 1.69. The van der Waals surface area contributed by atoms with E-state index in [0.29, 0.717) is 0 Å². The molecule has 0 aromatic rings. The average Bonchev–Trinajstić information content (AvgIpc) is 2.05. The van der Waals surface area contributed by atoms with E-state index in [0.717, 1.165) is 31.2 Å². The first-order chi connectivity index (χ1) is 5.22. The van der Waals surface area contributed by atoms with Crippen LogP contribution in [0.1, 0.15) is 0 Å². The van der Waals surface area contributed by atoms with Crippen LogP contribution in [-0.4, -0.2) is 49.2 Å². The molecule has 0 aromatic carbocycles. The van der Waals surface area contributed by atoms with E-state index in [-0.39, 0.29) is 6.03 Å². The zero-order valence-corrected chi connectivity index (χ0v) is 6.71.